The van der Waals surface area contributed by atoms with Crippen molar-refractivity contribution in [2.24, 2.45) is 0 Å². The number of fused-ring (bicyclic) bond motifs is 7. The average molecular weight is 669 g/mol. The molecule has 0 N–H and O–H groups in total. The average Bonchev–Trinajstić information content (AvgIpc) is 3.86. The van der Waals surface area contributed by atoms with Crippen molar-refractivity contribution in [3.8, 4) is 34.1 Å². The fourth-order valence-corrected chi connectivity index (χ4v) is 8.49. The van der Waals surface area contributed by atoms with Crippen LogP contribution in [-0.4, -0.2) is 19.3 Å². The van der Waals surface area contributed by atoms with Crippen LogP contribution in [0.1, 0.15) is 50.7 Å². The van der Waals surface area contributed by atoms with Crippen LogP contribution in [-0.2, 0) is 0 Å². The van der Waals surface area contributed by atoms with E-state index in [0.29, 0.717) is 11.8 Å². The van der Waals surface area contributed by atoms with E-state index in [-0.39, 0.29) is 0 Å². The van der Waals surface area contributed by atoms with Gasteiger partial charge in [0.2, 0.25) is 0 Å². The van der Waals surface area contributed by atoms with Crippen molar-refractivity contribution >= 4 is 53.3 Å². The lowest BCUT2D eigenvalue weighted by Gasteiger charge is -2.18. The number of hydrogen-bond acceptors (Lipinski definition) is 4. The van der Waals surface area contributed by atoms with Gasteiger partial charge in [-0.25, -0.2) is 9.67 Å². The Morgan fingerprint density at radius 3 is 2.22 bits per heavy atom. The Hall–Kier alpha value is -5.72. The topological polar surface area (TPSA) is 44.9 Å². The molecule has 244 valence electrons. The van der Waals surface area contributed by atoms with Crippen LogP contribution in [0, 0.1) is 0 Å². The Labute approximate surface area is 295 Å². The molecule has 6 heteroatoms. The summed E-state index contributed by atoms with van der Waals surface area (Å²) in [5, 5.41) is 9.70. The zero-order valence-electron chi connectivity index (χ0n) is 28.5. The minimum atomic E-state index is 0.410. The molecule has 0 aliphatic rings. The molecule has 9 rings (SSSR count). The van der Waals surface area contributed by atoms with Gasteiger partial charge in [0.25, 0.3) is 0 Å². The molecular formula is C44H36N4OS. The Balaban J connectivity index is 1.13. The van der Waals surface area contributed by atoms with Gasteiger partial charge in [-0.1, -0.05) is 82.3 Å². The van der Waals surface area contributed by atoms with Gasteiger partial charge in [-0.2, -0.15) is 5.10 Å². The second-order valence-corrected chi connectivity index (χ2v) is 14.6. The number of hydrogen-bond donors (Lipinski definition) is 0. The fourth-order valence-electron chi connectivity index (χ4n) is 7.38. The first-order chi connectivity index (χ1) is 24.4. The number of thiophene rings is 1. The van der Waals surface area contributed by atoms with Crippen molar-refractivity contribution in [3.05, 3.63) is 145 Å². The molecule has 5 nitrogen and oxygen atoms in total. The number of ether oxygens (including phenoxy) is 1. The van der Waals surface area contributed by atoms with E-state index in [9.17, 15) is 0 Å². The first-order valence-corrected chi connectivity index (χ1v) is 18.0. The molecule has 4 heterocycles. The minimum absolute atomic E-state index is 0.410. The maximum absolute atomic E-state index is 6.60. The van der Waals surface area contributed by atoms with Gasteiger partial charge in [0, 0.05) is 61.0 Å². The summed E-state index contributed by atoms with van der Waals surface area (Å²) < 4.78 is 13.4. The second kappa shape index (κ2) is 12.0. The summed E-state index contributed by atoms with van der Waals surface area (Å²) in [6.45, 7) is 9.02. The van der Waals surface area contributed by atoms with E-state index < -0.39 is 0 Å². The van der Waals surface area contributed by atoms with Crippen molar-refractivity contribution in [1.82, 2.24) is 19.3 Å². The first-order valence-electron chi connectivity index (χ1n) is 17.2. The third-order valence-electron chi connectivity index (χ3n) is 9.68. The zero-order valence-corrected chi connectivity index (χ0v) is 29.3. The van der Waals surface area contributed by atoms with Crippen LogP contribution >= 0.6 is 11.3 Å². The van der Waals surface area contributed by atoms with Crippen molar-refractivity contribution in [2.45, 2.75) is 39.5 Å². The van der Waals surface area contributed by atoms with E-state index in [1.165, 1.54) is 47.8 Å². The van der Waals surface area contributed by atoms with Crippen LogP contribution in [0.4, 0.5) is 0 Å². The molecule has 9 aromatic rings. The SMILES string of the molecule is CC(C)c1cccc(C(C)C)c1-c1cnn(-c2cccc(Oc3ccc4c5ccc6sc7ccccc7c6c5n(-c5ccccn5)c4c3)c2)c1. The van der Waals surface area contributed by atoms with Gasteiger partial charge in [0.1, 0.15) is 17.3 Å². The van der Waals surface area contributed by atoms with Gasteiger partial charge in [0.15, 0.2) is 0 Å². The molecule has 0 saturated carbocycles. The van der Waals surface area contributed by atoms with E-state index in [0.717, 1.165) is 39.5 Å². The first kappa shape index (κ1) is 30.3. The van der Waals surface area contributed by atoms with Gasteiger partial charge in [0.05, 0.1) is 22.9 Å². The van der Waals surface area contributed by atoms with Gasteiger partial charge in [-0.3, -0.25) is 4.57 Å². The van der Waals surface area contributed by atoms with Crippen LogP contribution < -0.4 is 4.74 Å². The lowest BCUT2D eigenvalue weighted by Crippen LogP contribution is -1.99. The Kier molecular flexibility index (Phi) is 7.29. The third-order valence-corrected chi connectivity index (χ3v) is 10.8. The predicted molar refractivity (Wildman–Crippen MR) is 209 cm³/mol. The van der Waals surface area contributed by atoms with E-state index >= 15 is 0 Å². The van der Waals surface area contributed by atoms with Crippen molar-refractivity contribution in [2.75, 3.05) is 0 Å². The standard InChI is InChI=1S/C44H36N4OS/c1-27(2)33-14-10-15-34(28(3)4)42(33)29-25-46-47(26-29)30-11-9-12-31(23-30)49-32-18-19-35-36-20-21-40-43(37-13-5-6-16-39(37)50-40)44(36)48(38(35)24-32)41-17-7-8-22-45-41/h5-28H,1-4H3. The number of benzene rings is 5. The summed E-state index contributed by atoms with van der Waals surface area (Å²) in [5.74, 6) is 3.20. The normalized spacial score (nSPS) is 12.0. The number of rotatable bonds is 7. The Bertz CT molecular complexity index is 2670. The summed E-state index contributed by atoms with van der Waals surface area (Å²) in [6, 6.07) is 40.4. The molecule has 0 aliphatic heterocycles. The summed E-state index contributed by atoms with van der Waals surface area (Å²) in [4.78, 5) is 4.82. The molecule has 0 spiro atoms. The monoisotopic (exact) mass is 668 g/mol. The minimum Gasteiger partial charge on any atom is -0.457 e. The molecule has 50 heavy (non-hydrogen) atoms. The van der Waals surface area contributed by atoms with Crippen LogP contribution in [0.3, 0.4) is 0 Å². The highest BCUT2D eigenvalue weighted by atomic mass is 32.1. The van der Waals surface area contributed by atoms with Crippen molar-refractivity contribution in [1.29, 1.82) is 0 Å². The largest absolute Gasteiger partial charge is 0.457 e. The Morgan fingerprint density at radius 2 is 1.42 bits per heavy atom. The summed E-state index contributed by atoms with van der Waals surface area (Å²) in [5.41, 5.74) is 8.28. The molecule has 0 unspecified atom stereocenters. The molecule has 0 atom stereocenters. The van der Waals surface area contributed by atoms with E-state index in [1.807, 2.05) is 58.7 Å². The number of nitrogens with zero attached hydrogens (tertiary/aromatic N) is 4. The van der Waals surface area contributed by atoms with Crippen LogP contribution in [0.2, 0.25) is 0 Å². The molecule has 0 aliphatic carbocycles. The lowest BCUT2D eigenvalue weighted by atomic mass is 9.86. The van der Waals surface area contributed by atoms with Gasteiger partial charge >= 0.3 is 0 Å². The highest BCUT2D eigenvalue weighted by molar-refractivity contribution is 7.26. The second-order valence-electron chi connectivity index (χ2n) is 13.5. The van der Waals surface area contributed by atoms with E-state index in [2.05, 4.69) is 123 Å². The Morgan fingerprint density at radius 1 is 0.660 bits per heavy atom. The quantitative estimate of drug-likeness (QED) is 0.170. The highest BCUT2D eigenvalue weighted by Gasteiger charge is 2.20. The van der Waals surface area contributed by atoms with Crippen LogP contribution in [0.5, 0.6) is 11.5 Å². The molecule has 0 radical (unpaired) electrons. The van der Waals surface area contributed by atoms with E-state index in [4.69, 9.17) is 14.8 Å². The van der Waals surface area contributed by atoms with Crippen molar-refractivity contribution < 1.29 is 4.74 Å². The maximum atomic E-state index is 6.60. The lowest BCUT2D eigenvalue weighted by molar-refractivity contribution is 0.483. The molecule has 0 saturated heterocycles. The molecular weight excluding hydrogens is 633 g/mol. The van der Waals surface area contributed by atoms with Gasteiger partial charge < -0.3 is 4.74 Å². The summed E-state index contributed by atoms with van der Waals surface area (Å²) >= 11 is 1.83. The highest BCUT2D eigenvalue weighted by Crippen LogP contribution is 2.44. The van der Waals surface area contributed by atoms with Crippen molar-refractivity contribution in [3.63, 3.8) is 0 Å². The molecule has 4 aromatic heterocycles. The van der Waals surface area contributed by atoms with Gasteiger partial charge in [-0.05, 0) is 77.1 Å². The molecule has 5 aromatic carbocycles. The third kappa shape index (κ3) is 4.98. The molecule has 0 amide bonds. The van der Waals surface area contributed by atoms with Crippen LogP contribution in [0.15, 0.2) is 134 Å². The van der Waals surface area contributed by atoms with Crippen LogP contribution in [0.25, 0.3) is 64.6 Å². The summed E-state index contributed by atoms with van der Waals surface area (Å²) in [7, 11) is 0. The van der Waals surface area contributed by atoms with Gasteiger partial charge in [-0.15, -0.1) is 11.3 Å². The van der Waals surface area contributed by atoms with E-state index in [1.54, 1.807) is 0 Å². The predicted octanol–water partition coefficient (Wildman–Crippen LogP) is 12.4. The fraction of sp³-hybridized carbons (Fsp3) is 0.136. The summed E-state index contributed by atoms with van der Waals surface area (Å²) in [6.07, 6.45) is 5.98. The molecule has 0 bridgehead atoms. The smallest absolute Gasteiger partial charge is 0.137 e. The number of pyridine rings is 1. The molecule has 0 fully saturated rings. The maximum Gasteiger partial charge on any atom is 0.137 e. The zero-order chi connectivity index (χ0) is 33.9. The number of aromatic nitrogens is 4.